The maximum atomic E-state index is 5.88. The number of likely N-dealkylation sites (N-methyl/N-ethyl adjacent to an activating group) is 1. The summed E-state index contributed by atoms with van der Waals surface area (Å²) in [7, 11) is 3.77. The number of aryl methyl sites for hydroxylation is 1. The molecule has 25 heavy (non-hydrogen) atoms. The van der Waals surface area contributed by atoms with Gasteiger partial charge < -0.3 is 20.7 Å². The van der Waals surface area contributed by atoms with Crippen molar-refractivity contribution in [2.24, 2.45) is 0 Å². The van der Waals surface area contributed by atoms with Gasteiger partial charge in [-0.1, -0.05) is 6.07 Å². The number of hydrogen-bond donors (Lipinski definition) is 2. The Bertz CT molecular complexity index is 729. The van der Waals surface area contributed by atoms with E-state index >= 15 is 0 Å². The van der Waals surface area contributed by atoms with Crippen molar-refractivity contribution in [3.05, 3.63) is 29.6 Å². The molecule has 1 saturated heterocycles. The molecule has 0 unspecified atom stereocenters. The van der Waals surface area contributed by atoms with E-state index in [1.54, 1.807) is 7.11 Å². The number of nitrogens with zero attached hydrogens (tertiary/aromatic N) is 5. The van der Waals surface area contributed by atoms with E-state index in [9.17, 15) is 0 Å². The summed E-state index contributed by atoms with van der Waals surface area (Å²) in [6.45, 7) is 6.77. The zero-order valence-electron chi connectivity index (χ0n) is 15.0. The predicted molar refractivity (Wildman–Crippen MR) is 98.0 cm³/mol. The Morgan fingerprint density at radius 3 is 2.64 bits per heavy atom. The first-order chi connectivity index (χ1) is 12.0. The summed E-state index contributed by atoms with van der Waals surface area (Å²) in [5.41, 5.74) is 7.80. The van der Waals surface area contributed by atoms with E-state index in [2.05, 4.69) is 37.1 Å². The van der Waals surface area contributed by atoms with Gasteiger partial charge in [0.2, 0.25) is 11.9 Å². The summed E-state index contributed by atoms with van der Waals surface area (Å²) in [5, 5.41) is 3.20. The molecule has 0 atom stereocenters. The molecule has 1 aliphatic rings. The van der Waals surface area contributed by atoms with Crippen LogP contribution < -0.4 is 15.8 Å². The minimum atomic E-state index is 0.216. The Balaban J connectivity index is 1.76. The van der Waals surface area contributed by atoms with Crippen molar-refractivity contribution in [2.75, 3.05) is 51.4 Å². The Hall–Kier alpha value is -2.45. The van der Waals surface area contributed by atoms with E-state index in [1.807, 2.05) is 25.1 Å². The van der Waals surface area contributed by atoms with Gasteiger partial charge in [-0.2, -0.15) is 15.0 Å². The Morgan fingerprint density at radius 2 is 1.92 bits per heavy atom. The van der Waals surface area contributed by atoms with Crippen molar-refractivity contribution in [1.29, 1.82) is 0 Å². The molecule has 0 saturated carbocycles. The van der Waals surface area contributed by atoms with Crippen molar-refractivity contribution in [1.82, 2.24) is 24.8 Å². The zero-order chi connectivity index (χ0) is 17.8. The number of methoxy groups -OCH3 is 1. The van der Waals surface area contributed by atoms with Gasteiger partial charge in [-0.05, 0) is 31.7 Å². The predicted octanol–water partition coefficient (Wildman–Crippen LogP) is 1.26. The summed E-state index contributed by atoms with van der Waals surface area (Å²) < 4.78 is 5.39. The van der Waals surface area contributed by atoms with Crippen LogP contribution in [0.25, 0.3) is 0 Å². The van der Waals surface area contributed by atoms with Crippen LogP contribution in [0.1, 0.15) is 11.4 Å². The molecule has 8 heteroatoms. The highest BCUT2D eigenvalue weighted by Gasteiger charge is 2.16. The summed E-state index contributed by atoms with van der Waals surface area (Å²) in [4.78, 5) is 17.6. The molecule has 2 aromatic rings. The zero-order valence-corrected chi connectivity index (χ0v) is 15.0. The SMILES string of the molecule is COc1ccc(C)cc1Nc1nc(N)nc(CN2CCN(C)CC2)n1. The van der Waals surface area contributed by atoms with Crippen molar-refractivity contribution < 1.29 is 4.74 Å². The van der Waals surface area contributed by atoms with Gasteiger partial charge in [-0.25, -0.2) is 0 Å². The first kappa shape index (κ1) is 17.4. The highest BCUT2D eigenvalue weighted by molar-refractivity contribution is 5.63. The molecule has 0 amide bonds. The van der Waals surface area contributed by atoms with Crippen LogP contribution in [0.5, 0.6) is 5.75 Å². The third-order valence-electron chi connectivity index (χ3n) is 4.26. The number of nitrogen functional groups attached to an aromatic ring is 1. The van der Waals surface area contributed by atoms with Gasteiger partial charge >= 0.3 is 0 Å². The van der Waals surface area contributed by atoms with Gasteiger partial charge in [0.15, 0.2) is 0 Å². The van der Waals surface area contributed by atoms with Crippen molar-refractivity contribution in [3.8, 4) is 5.75 Å². The van der Waals surface area contributed by atoms with Gasteiger partial charge in [0.1, 0.15) is 11.6 Å². The number of aromatic nitrogens is 3. The van der Waals surface area contributed by atoms with E-state index < -0.39 is 0 Å². The monoisotopic (exact) mass is 343 g/mol. The lowest BCUT2D eigenvalue weighted by Gasteiger charge is -2.31. The smallest absolute Gasteiger partial charge is 0.232 e. The minimum absolute atomic E-state index is 0.216. The van der Waals surface area contributed by atoms with E-state index in [1.165, 1.54) is 0 Å². The van der Waals surface area contributed by atoms with Crippen molar-refractivity contribution in [2.45, 2.75) is 13.5 Å². The fraction of sp³-hybridized carbons (Fsp3) is 0.471. The van der Waals surface area contributed by atoms with Crippen LogP contribution in [0.15, 0.2) is 18.2 Å². The maximum Gasteiger partial charge on any atom is 0.232 e. The number of hydrogen-bond acceptors (Lipinski definition) is 8. The molecule has 3 N–H and O–H groups in total. The minimum Gasteiger partial charge on any atom is -0.495 e. The number of nitrogens with one attached hydrogen (secondary N) is 1. The number of piperazine rings is 1. The molecular weight excluding hydrogens is 318 g/mol. The fourth-order valence-corrected chi connectivity index (χ4v) is 2.81. The van der Waals surface area contributed by atoms with E-state index in [-0.39, 0.29) is 5.95 Å². The Morgan fingerprint density at radius 1 is 1.16 bits per heavy atom. The van der Waals surface area contributed by atoms with Crippen molar-refractivity contribution >= 4 is 17.6 Å². The molecule has 0 spiro atoms. The van der Waals surface area contributed by atoms with Crippen LogP contribution in [-0.2, 0) is 6.54 Å². The quantitative estimate of drug-likeness (QED) is 0.838. The van der Waals surface area contributed by atoms with Crippen LogP contribution in [0.3, 0.4) is 0 Å². The molecule has 1 aliphatic heterocycles. The second-order valence-electron chi connectivity index (χ2n) is 6.34. The standard InChI is InChI=1S/C17H25N7O/c1-12-4-5-14(25-3)13(10-12)19-17-21-15(20-16(18)22-17)11-24-8-6-23(2)7-9-24/h4-5,10H,6-9,11H2,1-3H3,(H3,18,19,20,21,22). The third kappa shape index (κ3) is 4.55. The van der Waals surface area contributed by atoms with Crippen molar-refractivity contribution in [3.63, 3.8) is 0 Å². The van der Waals surface area contributed by atoms with Gasteiger partial charge in [0.05, 0.1) is 19.3 Å². The van der Waals surface area contributed by atoms with Gasteiger partial charge in [-0.15, -0.1) is 0 Å². The highest BCUT2D eigenvalue weighted by atomic mass is 16.5. The largest absolute Gasteiger partial charge is 0.495 e. The van der Waals surface area contributed by atoms with Crippen LogP contribution >= 0.6 is 0 Å². The van der Waals surface area contributed by atoms with Crippen LogP contribution in [0.4, 0.5) is 17.6 Å². The second-order valence-corrected chi connectivity index (χ2v) is 6.34. The van der Waals surface area contributed by atoms with Gasteiger partial charge in [-0.3, -0.25) is 4.90 Å². The normalized spacial score (nSPS) is 16.0. The molecule has 8 nitrogen and oxygen atoms in total. The first-order valence-electron chi connectivity index (χ1n) is 8.36. The molecule has 0 bridgehead atoms. The third-order valence-corrected chi connectivity index (χ3v) is 4.26. The van der Waals surface area contributed by atoms with Crippen LogP contribution in [-0.4, -0.2) is 65.1 Å². The molecule has 1 aromatic heterocycles. The number of ether oxygens (including phenoxy) is 1. The maximum absolute atomic E-state index is 5.88. The number of anilines is 3. The highest BCUT2D eigenvalue weighted by Crippen LogP contribution is 2.27. The summed E-state index contributed by atoms with van der Waals surface area (Å²) in [6.07, 6.45) is 0. The van der Waals surface area contributed by atoms with Gasteiger partial charge in [0.25, 0.3) is 0 Å². The lowest BCUT2D eigenvalue weighted by molar-refractivity contribution is 0.145. The van der Waals surface area contributed by atoms with E-state index in [0.29, 0.717) is 18.3 Å². The summed E-state index contributed by atoms with van der Waals surface area (Å²) >= 11 is 0. The van der Waals surface area contributed by atoms with Gasteiger partial charge in [0, 0.05) is 26.2 Å². The summed E-state index contributed by atoms with van der Waals surface area (Å²) in [6, 6.07) is 5.89. The molecule has 134 valence electrons. The Labute approximate surface area is 148 Å². The van der Waals surface area contributed by atoms with Crippen LogP contribution in [0.2, 0.25) is 0 Å². The number of benzene rings is 1. The van der Waals surface area contributed by atoms with Crippen LogP contribution in [0, 0.1) is 6.92 Å². The lowest BCUT2D eigenvalue weighted by Crippen LogP contribution is -2.44. The molecular formula is C17H25N7O. The molecule has 3 rings (SSSR count). The second kappa shape index (κ2) is 7.62. The average Bonchev–Trinajstić information content (AvgIpc) is 2.57. The summed E-state index contributed by atoms with van der Waals surface area (Å²) in [5.74, 6) is 2.05. The average molecular weight is 343 g/mol. The van der Waals surface area contributed by atoms with E-state index in [0.717, 1.165) is 43.2 Å². The molecule has 1 fully saturated rings. The number of rotatable bonds is 5. The topological polar surface area (TPSA) is 92.4 Å². The molecule has 0 aliphatic carbocycles. The Kier molecular flexibility index (Phi) is 5.30. The number of nitrogens with two attached hydrogens (primary N) is 1. The first-order valence-corrected chi connectivity index (χ1v) is 8.36. The molecule has 2 heterocycles. The molecule has 1 aromatic carbocycles. The fourth-order valence-electron chi connectivity index (χ4n) is 2.81. The van der Waals surface area contributed by atoms with E-state index in [4.69, 9.17) is 10.5 Å². The molecule has 0 radical (unpaired) electrons. The lowest BCUT2D eigenvalue weighted by atomic mass is 10.2.